The molecule has 7 heteroatoms. The van der Waals surface area contributed by atoms with Crippen LogP contribution in [0.25, 0.3) is 0 Å². The fraction of sp³-hybridized carbons (Fsp3) is 0.800. The number of hydrogen-bond donors (Lipinski definition) is 4. The van der Waals surface area contributed by atoms with Crippen molar-refractivity contribution in [2.45, 2.75) is 52.1 Å². The van der Waals surface area contributed by atoms with Gasteiger partial charge in [-0.25, -0.2) is 9.59 Å². The van der Waals surface area contributed by atoms with Crippen molar-refractivity contribution < 1.29 is 34.8 Å². The number of aliphatic carboxylic acids is 2. The highest BCUT2D eigenvalue weighted by atomic mass is 16.5. The maximum atomic E-state index is 9.77. The lowest BCUT2D eigenvalue weighted by molar-refractivity contribution is -0.165. The van der Waals surface area contributed by atoms with E-state index >= 15 is 0 Å². The van der Waals surface area contributed by atoms with Crippen molar-refractivity contribution >= 4 is 11.9 Å². The third-order valence-corrected chi connectivity index (χ3v) is 1.35. The van der Waals surface area contributed by atoms with Crippen LogP contribution in [-0.4, -0.2) is 56.8 Å². The van der Waals surface area contributed by atoms with Crippen LogP contribution < -0.4 is 0 Å². The Morgan fingerprint density at radius 2 is 1.06 bits per heavy atom. The zero-order valence-corrected chi connectivity index (χ0v) is 10.3. The lowest BCUT2D eigenvalue weighted by Crippen LogP contribution is -2.39. The van der Waals surface area contributed by atoms with Crippen LogP contribution in [0, 0.1) is 0 Å². The molecule has 7 nitrogen and oxygen atoms in total. The fourth-order valence-corrected chi connectivity index (χ4v) is 0.814. The van der Waals surface area contributed by atoms with E-state index in [1.165, 1.54) is 0 Å². The lowest BCUT2D eigenvalue weighted by Gasteiger charge is -2.09. The van der Waals surface area contributed by atoms with E-state index in [4.69, 9.17) is 25.2 Å². The zero-order valence-electron chi connectivity index (χ0n) is 10.3. The maximum Gasteiger partial charge on any atom is 0.335 e. The van der Waals surface area contributed by atoms with E-state index < -0.39 is 24.1 Å². The summed E-state index contributed by atoms with van der Waals surface area (Å²) in [6.45, 7) is 8.17. The van der Waals surface area contributed by atoms with Crippen molar-refractivity contribution in [3.8, 4) is 0 Å². The lowest BCUT2D eigenvalue weighted by atomic mass is 10.2. The summed E-state index contributed by atoms with van der Waals surface area (Å²) >= 11 is 0. The van der Waals surface area contributed by atoms with Crippen molar-refractivity contribution in [3.05, 3.63) is 0 Å². The van der Waals surface area contributed by atoms with Gasteiger partial charge in [-0.15, -0.1) is 0 Å². The van der Waals surface area contributed by atoms with Crippen molar-refractivity contribution in [2.75, 3.05) is 0 Å². The van der Waals surface area contributed by atoms with Crippen LogP contribution in [0.15, 0.2) is 0 Å². The smallest absolute Gasteiger partial charge is 0.335 e. The Balaban J connectivity index is 0. The molecule has 0 radical (unpaired) electrons. The summed E-state index contributed by atoms with van der Waals surface area (Å²) in [6.07, 6.45) is -3.78. The second kappa shape index (κ2) is 8.91. The van der Waals surface area contributed by atoms with Crippen molar-refractivity contribution in [1.82, 2.24) is 0 Å². The van der Waals surface area contributed by atoms with Crippen molar-refractivity contribution in [2.24, 2.45) is 0 Å². The minimum Gasteiger partial charge on any atom is -0.479 e. The molecular formula is C10H20O7. The molecule has 0 rings (SSSR count). The first kappa shape index (κ1) is 18.2. The quantitative estimate of drug-likeness (QED) is 0.529. The summed E-state index contributed by atoms with van der Waals surface area (Å²) in [6, 6.07) is 0. The molecule has 4 N–H and O–H groups in total. The summed E-state index contributed by atoms with van der Waals surface area (Å²) in [7, 11) is 0. The van der Waals surface area contributed by atoms with E-state index in [1.807, 2.05) is 27.7 Å². The van der Waals surface area contributed by atoms with Gasteiger partial charge in [0.2, 0.25) is 0 Å². The van der Waals surface area contributed by atoms with Crippen LogP contribution in [0.3, 0.4) is 0 Å². The van der Waals surface area contributed by atoms with Gasteiger partial charge in [-0.2, -0.15) is 0 Å². The molecule has 0 saturated heterocycles. The largest absolute Gasteiger partial charge is 0.479 e. The SMILES string of the molecule is CC(C)OC(C)C.O=C(O)C(O)C(O)C(=O)O. The zero-order chi connectivity index (χ0) is 14.2. The summed E-state index contributed by atoms with van der Waals surface area (Å²) < 4.78 is 5.25. The van der Waals surface area contributed by atoms with Crippen molar-refractivity contribution in [1.29, 1.82) is 0 Å². The van der Waals surface area contributed by atoms with Crippen molar-refractivity contribution in [3.63, 3.8) is 0 Å². The van der Waals surface area contributed by atoms with Gasteiger partial charge in [-0.05, 0) is 27.7 Å². The molecule has 0 aromatic heterocycles. The Kier molecular flexibility index (Phi) is 9.54. The van der Waals surface area contributed by atoms with Gasteiger partial charge in [0, 0.05) is 0 Å². The predicted molar refractivity (Wildman–Crippen MR) is 58.6 cm³/mol. The molecule has 0 amide bonds. The average molecular weight is 252 g/mol. The van der Waals surface area contributed by atoms with Gasteiger partial charge in [0.15, 0.2) is 12.2 Å². The third-order valence-electron chi connectivity index (χ3n) is 1.35. The number of ether oxygens (including phenoxy) is 1. The van der Waals surface area contributed by atoms with Crippen LogP contribution in [-0.2, 0) is 14.3 Å². The molecular weight excluding hydrogens is 232 g/mol. The first-order valence-corrected chi connectivity index (χ1v) is 5.06. The van der Waals surface area contributed by atoms with Gasteiger partial charge in [0.25, 0.3) is 0 Å². The average Bonchev–Trinajstić information content (AvgIpc) is 2.13. The molecule has 0 heterocycles. The van der Waals surface area contributed by atoms with Gasteiger partial charge >= 0.3 is 11.9 Å². The van der Waals surface area contributed by atoms with E-state index in [2.05, 4.69) is 0 Å². The molecule has 102 valence electrons. The first-order chi connectivity index (χ1) is 7.59. The maximum absolute atomic E-state index is 9.77. The minimum atomic E-state index is -2.27. The Hall–Kier alpha value is -1.18. The molecule has 0 bridgehead atoms. The number of carboxylic acid groups (broad SMARTS) is 2. The third kappa shape index (κ3) is 11.1. The summed E-state index contributed by atoms with van der Waals surface area (Å²) in [5.74, 6) is -3.54. The Morgan fingerprint density at radius 3 is 1.12 bits per heavy atom. The Labute approximate surface area is 99.6 Å². The van der Waals surface area contributed by atoms with E-state index in [0.717, 1.165) is 0 Å². The molecule has 0 spiro atoms. The second-order valence-corrected chi connectivity index (χ2v) is 3.80. The minimum absolute atomic E-state index is 0.375. The fourth-order valence-electron chi connectivity index (χ4n) is 0.814. The normalized spacial score (nSPS) is 13.9. The predicted octanol–water partition coefficient (Wildman–Crippen LogP) is -0.303. The number of aliphatic hydroxyl groups is 2. The number of carboxylic acids is 2. The number of carbonyl (C=O) groups is 2. The standard InChI is InChI=1S/C6H14O.C4H6O6/c1-5(2)7-6(3)4;5-1(3(7)8)2(6)4(9)10/h5-6H,1-4H3;1-2,5-6H,(H,7,8)(H,9,10). The van der Waals surface area contributed by atoms with Gasteiger partial charge < -0.3 is 25.2 Å². The number of aliphatic hydroxyl groups excluding tert-OH is 2. The molecule has 0 saturated carbocycles. The summed E-state index contributed by atoms with van der Waals surface area (Å²) in [4.78, 5) is 19.5. The van der Waals surface area contributed by atoms with Crippen LogP contribution >= 0.6 is 0 Å². The van der Waals surface area contributed by atoms with E-state index in [0.29, 0.717) is 12.2 Å². The molecule has 0 aromatic carbocycles. The molecule has 17 heavy (non-hydrogen) atoms. The number of hydrogen-bond acceptors (Lipinski definition) is 5. The van der Waals surface area contributed by atoms with Gasteiger partial charge in [0.05, 0.1) is 12.2 Å². The molecule has 0 fully saturated rings. The summed E-state index contributed by atoms with van der Waals surface area (Å²) in [5, 5.41) is 32.5. The second-order valence-electron chi connectivity index (χ2n) is 3.80. The van der Waals surface area contributed by atoms with Crippen LogP contribution in [0.1, 0.15) is 27.7 Å². The van der Waals surface area contributed by atoms with Gasteiger partial charge in [0.1, 0.15) is 0 Å². The Morgan fingerprint density at radius 1 is 0.824 bits per heavy atom. The first-order valence-electron chi connectivity index (χ1n) is 5.06. The molecule has 2 atom stereocenters. The molecule has 2 unspecified atom stereocenters. The topological polar surface area (TPSA) is 124 Å². The van der Waals surface area contributed by atoms with E-state index in [1.54, 1.807) is 0 Å². The monoisotopic (exact) mass is 252 g/mol. The molecule has 0 aliphatic rings. The van der Waals surface area contributed by atoms with E-state index in [9.17, 15) is 9.59 Å². The Bertz CT molecular complexity index is 213. The molecule has 0 aliphatic carbocycles. The molecule has 0 aromatic rings. The highest BCUT2D eigenvalue weighted by Gasteiger charge is 2.29. The highest BCUT2D eigenvalue weighted by molar-refractivity contribution is 5.83. The highest BCUT2D eigenvalue weighted by Crippen LogP contribution is 1.93. The van der Waals surface area contributed by atoms with Gasteiger partial charge in [-0.3, -0.25) is 0 Å². The van der Waals surface area contributed by atoms with Gasteiger partial charge in [-0.1, -0.05) is 0 Å². The van der Waals surface area contributed by atoms with E-state index in [-0.39, 0.29) is 0 Å². The van der Waals surface area contributed by atoms with Crippen LogP contribution in [0.5, 0.6) is 0 Å². The molecule has 0 aliphatic heterocycles. The number of rotatable bonds is 5. The van der Waals surface area contributed by atoms with Crippen LogP contribution in [0.2, 0.25) is 0 Å². The summed E-state index contributed by atoms with van der Waals surface area (Å²) in [5.41, 5.74) is 0. The van der Waals surface area contributed by atoms with Crippen LogP contribution in [0.4, 0.5) is 0 Å².